The van der Waals surface area contributed by atoms with Gasteiger partial charge in [-0.05, 0) is 54.9 Å². The number of aliphatic hydroxyl groups is 2. The summed E-state index contributed by atoms with van der Waals surface area (Å²) in [6.45, 7) is 4.85. The molecule has 2 aromatic rings. The fraction of sp³-hybridized carbons (Fsp3) is 0.533. The molecule has 0 spiro atoms. The summed E-state index contributed by atoms with van der Waals surface area (Å²) < 4.78 is 44.2. The van der Waals surface area contributed by atoms with Crippen molar-refractivity contribution in [3.05, 3.63) is 63.1 Å². The van der Waals surface area contributed by atoms with E-state index in [1.807, 2.05) is 25.2 Å². The van der Waals surface area contributed by atoms with Crippen LogP contribution < -0.4 is 15.4 Å². The van der Waals surface area contributed by atoms with E-state index in [1.165, 1.54) is 0 Å². The number of rotatable bonds is 19. The number of sulfonamides is 1. The molecule has 2 amide bonds. The molecule has 0 fully saturated rings. The molecule has 0 aromatic heterocycles. The van der Waals surface area contributed by atoms with Gasteiger partial charge in [0.15, 0.2) is 12.2 Å². The molecule has 13 nitrogen and oxygen atoms in total. The average Bonchev–Trinajstić information content (AvgIpc) is 3.02. The smallest absolute Gasteiger partial charge is 0.252 e. The van der Waals surface area contributed by atoms with Crippen molar-refractivity contribution in [3.8, 4) is 0 Å². The van der Waals surface area contributed by atoms with Gasteiger partial charge in [-0.3, -0.25) is 9.59 Å². The van der Waals surface area contributed by atoms with Crippen LogP contribution in [0, 0.1) is 0 Å². The maximum Gasteiger partial charge on any atom is 0.252 e. The molecule has 1 aliphatic rings. The van der Waals surface area contributed by atoms with Gasteiger partial charge >= 0.3 is 0 Å². The Balaban J connectivity index is 1.27. The van der Waals surface area contributed by atoms with Gasteiger partial charge < -0.3 is 40.0 Å². The number of hydrogen-bond donors (Lipinski definition) is 5. The maximum absolute atomic E-state index is 12.8. The molecule has 3 atom stereocenters. The molecule has 256 valence electrons. The van der Waals surface area contributed by atoms with Crippen molar-refractivity contribution < 1.29 is 42.4 Å². The molecule has 1 heterocycles. The van der Waals surface area contributed by atoms with Crippen LogP contribution in [-0.2, 0) is 40.4 Å². The van der Waals surface area contributed by atoms with Gasteiger partial charge in [-0.25, -0.2) is 13.1 Å². The predicted octanol–water partition coefficient (Wildman–Crippen LogP) is 0.873. The number of nitrogens with one attached hydrogen (secondary N) is 3. The summed E-state index contributed by atoms with van der Waals surface area (Å²) in [6, 6.07) is 10.5. The third-order valence-corrected chi connectivity index (χ3v) is 9.13. The van der Waals surface area contributed by atoms with Crippen molar-refractivity contribution in [1.29, 1.82) is 0 Å². The van der Waals surface area contributed by atoms with Gasteiger partial charge in [0.2, 0.25) is 10.0 Å². The third kappa shape index (κ3) is 11.4. The monoisotopic (exact) mass is 704 g/mol. The highest BCUT2D eigenvalue weighted by atomic mass is 35.5. The molecule has 2 aromatic carbocycles. The number of nitrogens with zero attached hydrogens (tertiary/aromatic N) is 1. The van der Waals surface area contributed by atoms with E-state index in [2.05, 4.69) is 20.3 Å². The minimum Gasteiger partial charge on any atom is -0.380 e. The van der Waals surface area contributed by atoms with E-state index in [0.717, 1.165) is 23.2 Å². The number of likely N-dealkylation sites (N-methyl/N-ethyl adjacent to an activating group) is 2. The zero-order valence-electron chi connectivity index (χ0n) is 25.8. The number of hydrogen-bond acceptors (Lipinski definition) is 10. The maximum atomic E-state index is 12.8. The molecule has 0 bridgehead atoms. The Morgan fingerprint density at radius 2 is 1.48 bits per heavy atom. The second-order valence-corrected chi connectivity index (χ2v) is 13.2. The lowest BCUT2D eigenvalue weighted by atomic mass is 9.85. The minimum absolute atomic E-state index is 0.00688. The lowest BCUT2D eigenvalue weighted by molar-refractivity contribution is -0.146. The van der Waals surface area contributed by atoms with Gasteiger partial charge in [0.25, 0.3) is 11.8 Å². The average molecular weight is 706 g/mol. The van der Waals surface area contributed by atoms with Crippen molar-refractivity contribution in [2.45, 2.75) is 36.5 Å². The van der Waals surface area contributed by atoms with E-state index in [-0.39, 0.29) is 70.1 Å². The number of halogens is 2. The van der Waals surface area contributed by atoms with E-state index in [0.29, 0.717) is 16.6 Å². The first kappa shape index (κ1) is 38.1. The van der Waals surface area contributed by atoms with Gasteiger partial charge in [0.05, 0.1) is 44.5 Å². The Morgan fingerprint density at radius 1 is 0.913 bits per heavy atom. The second-order valence-electron chi connectivity index (χ2n) is 10.6. The zero-order chi connectivity index (χ0) is 33.7. The molecule has 46 heavy (non-hydrogen) atoms. The van der Waals surface area contributed by atoms with Crippen LogP contribution in [-0.4, -0.2) is 120 Å². The van der Waals surface area contributed by atoms with Crippen LogP contribution in [0.2, 0.25) is 10.0 Å². The van der Waals surface area contributed by atoms with Gasteiger partial charge in [0, 0.05) is 48.7 Å². The largest absolute Gasteiger partial charge is 0.380 e. The zero-order valence-corrected chi connectivity index (χ0v) is 28.2. The highest BCUT2D eigenvalue weighted by Crippen LogP contribution is 2.38. The van der Waals surface area contributed by atoms with Crippen LogP contribution in [0.15, 0.2) is 41.3 Å². The number of aliphatic hydroxyl groups excluding tert-OH is 2. The molecule has 2 unspecified atom stereocenters. The van der Waals surface area contributed by atoms with E-state index in [4.69, 9.17) is 37.4 Å². The van der Waals surface area contributed by atoms with Crippen LogP contribution in [0.5, 0.6) is 0 Å². The summed E-state index contributed by atoms with van der Waals surface area (Å²) in [5.41, 5.74) is 3.04. The molecule has 5 N–H and O–H groups in total. The molecule has 0 radical (unpaired) electrons. The van der Waals surface area contributed by atoms with Crippen LogP contribution in [0.3, 0.4) is 0 Å². The second kappa shape index (κ2) is 18.8. The summed E-state index contributed by atoms with van der Waals surface area (Å²) in [7, 11) is -1.71. The number of carbonyl (C=O) groups excluding carboxylic acids is 2. The minimum atomic E-state index is -3.73. The van der Waals surface area contributed by atoms with Gasteiger partial charge in [-0.15, -0.1) is 0 Å². The first-order chi connectivity index (χ1) is 21.9. The van der Waals surface area contributed by atoms with Crippen LogP contribution in [0.1, 0.15) is 29.5 Å². The Bertz CT molecular complexity index is 1400. The van der Waals surface area contributed by atoms with E-state index < -0.39 is 34.0 Å². The van der Waals surface area contributed by atoms with Crippen LogP contribution in [0.25, 0.3) is 0 Å². The molecule has 0 aliphatic carbocycles. The fourth-order valence-electron chi connectivity index (χ4n) is 4.80. The van der Waals surface area contributed by atoms with E-state index in [1.54, 1.807) is 25.1 Å². The van der Waals surface area contributed by atoms with Crippen LogP contribution in [0.4, 0.5) is 0 Å². The van der Waals surface area contributed by atoms with Gasteiger partial charge in [-0.1, -0.05) is 35.3 Å². The van der Waals surface area contributed by atoms with Crippen molar-refractivity contribution in [2.24, 2.45) is 0 Å². The number of ether oxygens (including phenoxy) is 3. The molecular weight excluding hydrogens is 663 g/mol. The van der Waals surface area contributed by atoms with E-state index in [9.17, 15) is 28.2 Å². The van der Waals surface area contributed by atoms with E-state index >= 15 is 0 Å². The van der Waals surface area contributed by atoms with Crippen molar-refractivity contribution in [2.75, 3.05) is 72.9 Å². The number of benzene rings is 2. The molecule has 0 saturated carbocycles. The van der Waals surface area contributed by atoms with Crippen molar-refractivity contribution >= 4 is 45.0 Å². The lowest BCUT2D eigenvalue weighted by Gasteiger charge is -2.33. The lowest BCUT2D eigenvalue weighted by Crippen LogP contribution is -2.49. The third-order valence-electron chi connectivity index (χ3n) is 7.10. The van der Waals surface area contributed by atoms with Gasteiger partial charge in [0.1, 0.15) is 0 Å². The molecule has 3 rings (SSSR count). The molecule has 1 aliphatic heterocycles. The summed E-state index contributed by atoms with van der Waals surface area (Å²) in [6.07, 6.45) is -3.74. The normalized spacial score (nSPS) is 16.4. The first-order valence-corrected chi connectivity index (χ1v) is 17.1. The first-order valence-electron chi connectivity index (χ1n) is 14.8. The summed E-state index contributed by atoms with van der Waals surface area (Å²) >= 11 is 12.7. The van der Waals surface area contributed by atoms with Gasteiger partial charge in [-0.2, -0.15) is 0 Å². The number of amides is 2. The molecule has 16 heteroatoms. The number of carbonyl (C=O) groups is 2. The van der Waals surface area contributed by atoms with Crippen molar-refractivity contribution in [3.63, 3.8) is 0 Å². The topological polar surface area (TPSA) is 176 Å². The molecular formula is C30H42Cl2N4O9S. The Morgan fingerprint density at radius 3 is 2.09 bits per heavy atom. The summed E-state index contributed by atoms with van der Waals surface area (Å²) in [4.78, 5) is 25.6. The van der Waals surface area contributed by atoms with Crippen LogP contribution >= 0.6 is 23.2 Å². The highest BCUT2D eigenvalue weighted by Gasteiger charge is 2.30. The van der Waals surface area contributed by atoms with Crippen molar-refractivity contribution in [1.82, 2.24) is 20.3 Å². The fourth-order valence-corrected chi connectivity index (χ4v) is 6.38. The summed E-state index contributed by atoms with van der Waals surface area (Å²) in [5.74, 6) is -1.71. The predicted molar refractivity (Wildman–Crippen MR) is 172 cm³/mol. The molecule has 0 saturated heterocycles. The highest BCUT2D eigenvalue weighted by molar-refractivity contribution is 7.89. The summed E-state index contributed by atoms with van der Waals surface area (Å²) in [5, 5.41) is 25.2. The standard InChI is InChI=1S/C30H42Cl2N4O9S/c1-3-33-29(39)27(37)28(38)30(40)34-8-10-43-12-14-45-15-13-44-11-9-35-46(41,42)22-6-4-20(5-7-22)24-18-36(2)19-25-23(24)16-21(31)17-26(25)32/h4-7,16-17,24,27-28,35,37-38H,3,8-15,18-19H2,1-2H3,(H,33,39)(H,34,40)/t24-,27?,28?/m0/s1. The Kier molecular flexibility index (Phi) is 15.6. The number of fused-ring (bicyclic) bond motifs is 1. The Labute approximate surface area is 279 Å². The SMILES string of the molecule is CCNC(=O)C(O)C(O)C(=O)NCCOCCOCCOCCNS(=O)(=O)c1ccc([C@@H]2CN(C)Cc3c(Cl)cc(Cl)cc32)cc1. The quantitative estimate of drug-likeness (QED) is 0.132. The Hall–Kier alpha value is -2.37.